The van der Waals surface area contributed by atoms with Crippen LogP contribution in [0.4, 0.5) is 5.82 Å². The lowest BCUT2D eigenvalue weighted by atomic mass is 10.1. The second-order valence-electron chi connectivity index (χ2n) is 4.53. The molecule has 0 radical (unpaired) electrons. The van der Waals surface area contributed by atoms with Crippen molar-refractivity contribution in [3.63, 3.8) is 0 Å². The number of nitrogens with zero attached hydrogens (tertiary/aromatic N) is 2. The molecule has 0 aliphatic carbocycles. The monoisotopic (exact) mass is 235 g/mol. The van der Waals surface area contributed by atoms with Crippen molar-refractivity contribution in [2.75, 3.05) is 5.73 Å². The second-order valence-corrected chi connectivity index (χ2v) is 5.77. The van der Waals surface area contributed by atoms with E-state index in [1.54, 1.807) is 11.3 Å². The number of fused-ring (bicyclic) bond motifs is 1. The third kappa shape index (κ3) is 2.32. The van der Waals surface area contributed by atoms with Gasteiger partial charge in [0.1, 0.15) is 16.5 Å². The van der Waals surface area contributed by atoms with E-state index in [2.05, 4.69) is 36.8 Å². The predicted octanol–water partition coefficient (Wildman–Crippen LogP) is 3.17. The Morgan fingerprint density at radius 3 is 2.81 bits per heavy atom. The van der Waals surface area contributed by atoms with E-state index in [-0.39, 0.29) is 0 Å². The summed E-state index contributed by atoms with van der Waals surface area (Å²) >= 11 is 1.68. The lowest BCUT2D eigenvalue weighted by molar-refractivity contribution is 0.576. The number of nitrogen functional groups attached to an aromatic ring is 1. The van der Waals surface area contributed by atoms with Crippen LogP contribution in [0, 0.1) is 12.8 Å². The van der Waals surface area contributed by atoms with Gasteiger partial charge in [-0.05, 0) is 25.3 Å². The second kappa shape index (κ2) is 4.37. The summed E-state index contributed by atoms with van der Waals surface area (Å²) in [4.78, 5) is 11.2. The minimum Gasteiger partial charge on any atom is -0.383 e. The summed E-state index contributed by atoms with van der Waals surface area (Å²) in [7, 11) is 0. The normalized spacial score (nSPS) is 11.5. The highest BCUT2D eigenvalue weighted by atomic mass is 32.1. The molecule has 0 saturated carbocycles. The first-order valence-electron chi connectivity index (χ1n) is 5.59. The fourth-order valence-corrected chi connectivity index (χ4v) is 2.55. The Morgan fingerprint density at radius 2 is 2.12 bits per heavy atom. The van der Waals surface area contributed by atoms with Gasteiger partial charge in [0.15, 0.2) is 0 Å². The van der Waals surface area contributed by atoms with E-state index in [1.807, 2.05) is 0 Å². The van der Waals surface area contributed by atoms with Crippen LogP contribution >= 0.6 is 11.3 Å². The Morgan fingerprint density at radius 1 is 1.38 bits per heavy atom. The van der Waals surface area contributed by atoms with Crippen molar-refractivity contribution < 1.29 is 0 Å². The molecule has 2 N–H and O–H groups in total. The average Bonchev–Trinajstić information content (AvgIpc) is 2.56. The van der Waals surface area contributed by atoms with Gasteiger partial charge in [0.25, 0.3) is 0 Å². The molecule has 0 aliphatic heterocycles. The largest absolute Gasteiger partial charge is 0.383 e. The van der Waals surface area contributed by atoms with Crippen LogP contribution in [0.2, 0.25) is 0 Å². The van der Waals surface area contributed by atoms with Crippen LogP contribution in [0.15, 0.2) is 6.07 Å². The Balaban J connectivity index is 2.33. The fraction of sp³-hybridized carbons (Fsp3) is 0.500. The summed E-state index contributed by atoms with van der Waals surface area (Å²) in [6, 6.07) is 2.06. The minimum absolute atomic E-state index is 0.619. The lowest BCUT2D eigenvalue weighted by Crippen LogP contribution is -2.01. The summed E-state index contributed by atoms with van der Waals surface area (Å²) in [5.74, 6) is 2.17. The Kier molecular flexibility index (Phi) is 3.10. The van der Waals surface area contributed by atoms with Gasteiger partial charge in [0.2, 0.25) is 0 Å². The number of nitrogens with two attached hydrogens (primary N) is 1. The number of hydrogen-bond acceptors (Lipinski definition) is 4. The Bertz CT molecular complexity index is 502. The molecule has 3 nitrogen and oxygen atoms in total. The Labute approximate surface area is 99.7 Å². The van der Waals surface area contributed by atoms with Crippen LogP contribution in [0.5, 0.6) is 0 Å². The molecule has 2 heterocycles. The van der Waals surface area contributed by atoms with Crippen molar-refractivity contribution >= 4 is 27.4 Å². The SMILES string of the molecule is Cc1cc2c(N)nc(CCC(C)C)nc2s1. The number of aryl methyl sites for hydroxylation is 2. The maximum atomic E-state index is 5.93. The van der Waals surface area contributed by atoms with Gasteiger partial charge in [-0.15, -0.1) is 11.3 Å². The smallest absolute Gasteiger partial charge is 0.135 e. The molecule has 0 spiro atoms. The molecule has 0 aromatic carbocycles. The van der Waals surface area contributed by atoms with Crippen molar-refractivity contribution in [2.45, 2.75) is 33.6 Å². The van der Waals surface area contributed by atoms with Gasteiger partial charge in [-0.1, -0.05) is 13.8 Å². The van der Waals surface area contributed by atoms with Crippen molar-refractivity contribution in [1.29, 1.82) is 0 Å². The molecule has 0 aliphatic rings. The Hall–Kier alpha value is -1.16. The molecular formula is C12H17N3S. The molecule has 4 heteroatoms. The molecule has 0 fully saturated rings. The highest BCUT2D eigenvalue weighted by molar-refractivity contribution is 7.18. The lowest BCUT2D eigenvalue weighted by Gasteiger charge is -2.04. The zero-order chi connectivity index (χ0) is 11.7. The molecule has 0 bridgehead atoms. The molecule has 2 aromatic rings. The number of aromatic nitrogens is 2. The highest BCUT2D eigenvalue weighted by Crippen LogP contribution is 2.27. The summed E-state index contributed by atoms with van der Waals surface area (Å²) < 4.78 is 0. The van der Waals surface area contributed by atoms with Crippen LogP contribution < -0.4 is 5.73 Å². The van der Waals surface area contributed by atoms with Crippen LogP contribution in [-0.4, -0.2) is 9.97 Å². The molecule has 86 valence electrons. The zero-order valence-corrected chi connectivity index (χ0v) is 10.8. The third-order valence-corrected chi connectivity index (χ3v) is 3.48. The van der Waals surface area contributed by atoms with Crippen molar-refractivity contribution in [2.24, 2.45) is 5.92 Å². The maximum Gasteiger partial charge on any atom is 0.135 e. The topological polar surface area (TPSA) is 51.8 Å². The number of anilines is 1. The predicted molar refractivity (Wildman–Crippen MR) is 69.7 cm³/mol. The van der Waals surface area contributed by atoms with Gasteiger partial charge in [0, 0.05) is 11.3 Å². The number of rotatable bonds is 3. The van der Waals surface area contributed by atoms with E-state index in [9.17, 15) is 0 Å². The summed E-state index contributed by atoms with van der Waals surface area (Å²) in [5.41, 5.74) is 5.93. The van der Waals surface area contributed by atoms with E-state index in [1.165, 1.54) is 4.88 Å². The first-order chi connectivity index (χ1) is 7.56. The zero-order valence-electron chi connectivity index (χ0n) is 9.95. The van der Waals surface area contributed by atoms with Crippen LogP contribution in [-0.2, 0) is 6.42 Å². The molecule has 2 aromatic heterocycles. The van der Waals surface area contributed by atoms with Gasteiger partial charge in [-0.2, -0.15) is 0 Å². The van der Waals surface area contributed by atoms with Crippen LogP contribution in [0.1, 0.15) is 31.0 Å². The van der Waals surface area contributed by atoms with Gasteiger partial charge in [-0.25, -0.2) is 9.97 Å². The van der Waals surface area contributed by atoms with E-state index < -0.39 is 0 Å². The number of hydrogen-bond donors (Lipinski definition) is 1. The van der Waals surface area contributed by atoms with Gasteiger partial charge >= 0.3 is 0 Å². The highest BCUT2D eigenvalue weighted by Gasteiger charge is 2.08. The van der Waals surface area contributed by atoms with Crippen molar-refractivity contribution in [3.8, 4) is 0 Å². The standard InChI is InChI=1S/C12H17N3S/c1-7(2)4-5-10-14-11(13)9-6-8(3)16-12(9)15-10/h6-7H,4-5H2,1-3H3,(H2,13,14,15). The number of thiophene rings is 1. The van der Waals surface area contributed by atoms with E-state index in [0.717, 1.165) is 28.9 Å². The molecule has 0 unspecified atom stereocenters. The summed E-state index contributed by atoms with van der Waals surface area (Å²) in [6.45, 7) is 6.48. The van der Waals surface area contributed by atoms with Crippen LogP contribution in [0.25, 0.3) is 10.2 Å². The molecular weight excluding hydrogens is 218 g/mol. The molecule has 16 heavy (non-hydrogen) atoms. The van der Waals surface area contributed by atoms with E-state index in [4.69, 9.17) is 5.73 Å². The van der Waals surface area contributed by atoms with Gasteiger partial charge in [-0.3, -0.25) is 0 Å². The quantitative estimate of drug-likeness (QED) is 0.889. The van der Waals surface area contributed by atoms with Gasteiger partial charge in [0.05, 0.1) is 5.39 Å². The summed E-state index contributed by atoms with van der Waals surface area (Å²) in [6.07, 6.45) is 2.02. The molecule has 0 saturated heterocycles. The fourth-order valence-electron chi connectivity index (χ4n) is 1.64. The van der Waals surface area contributed by atoms with E-state index in [0.29, 0.717) is 11.7 Å². The minimum atomic E-state index is 0.619. The molecule has 0 atom stereocenters. The first kappa shape index (κ1) is 11.3. The maximum absolute atomic E-state index is 5.93. The average molecular weight is 235 g/mol. The first-order valence-corrected chi connectivity index (χ1v) is 6.40. The van der Waals surface area contributed by atoms with Crippen molar-refractivity contribution in [3.05, 3.63) is 16.8 Å². The third-order valence-electron chi connectivity index (χ3n) is 2.54. The van der Waals surface area contributed by atoms with Gasteiger partial charge < -0.3 is 5.73 Å². The van der Waals surface area contributed by atoms with Crippen molar-refractivity contribution in [1.82, 2.24) is 9.97 Å². The van der Waals surface area contributed by atoms with Crippen LogP contribution in [0.3, 0.4) is 0 Å². The summed E-state index contributed by atoms with van der Waals surface area (Å²) in [5, 5.41) is 0.996. The molecule has 0 amide bonds. The van der Waals surface area contributed by atoms with E-state index >= 15 is 0 Å². The molecule has 2 rings (SSSR count).